The van der Waals surface area contributed by atoms with E-state index < -0.39 is 11.7 Å². The Kier molecular flexibility index (Phi) is 7.88. The molecule has 0 atom stereocenters. The SMILES string of the molecule is CN(c1ccc(NC(=S)Nc2ccc(-c3cccc(C(N)=O)c3F)cc2)cc1Cl)C1CCCCC1. The third kappa shape index (κ3) is 5.92. The standard InChI is InChI=1S/C27H28ClFN4OS/c1-33(20-6-3-2-4-7-20)24-15-14-19(16-23(24)28)32-27(35)31-18-12-10-17(11-13-18)21-8-5-9-22(25(21)29)26(30)34/h5,8-16,20H,2-4,6-7H2,1H3,(H2,30,34)(H2,31,32,35). The normalized spacial score (nSPS) is 13.8. The first-order valence-corrected chi connectivity index (χ1v) is 12.4. The van der Waals surface area contributed by atoms with Crippen LogP contribution >= 0.6 is 23.8 Å². The molecule has 1 fully saturated rings. The highest BCUT2D eigenvalue weighted by Gasteiger charge is 2.20. The number of hydrogen-bond donors (Lipinski definition) is 3. The molecule has 0 radical (unpaired) electrons. The largest absolute Gasteiger partial charge is 0.370 e. The lowest BCUT2D eigenvalue weighted by atomic mass is 9.94. The van der Waals surface area contributed by atoms with E-state index in [4.69, 9.17) is 29.6 Å². The number of carbonyl (C=O) groups excluding carboxylic acids is 1. The second-order valence-electron chi connectivity index (χ2n) is 8.76. The van der Waals surface area contributed by atoms with E-state index in [2.05, 4.69) is 22.6 Å². The maximum Gasteiger partial charge on any atom is 0.251 e. The zero-order valence-corrected chi connectivity index (χ0v) is 21.1. The van der Waals surface area contributed by atoms with Gasteiger partial charge in [0.1, 0.15) is 5.82 Å². The van der Waals surface area contributed by atoms with Crippen LogP contribution in [0.3, 0.4) is 0 Å². The van der Waals surface area contributed by atoms with Gasteiger partial charge >= 0.3 is 0 Å². The highest BCUT2D eigenvalue weighted by molar-refractivity contribution is 7.80. The van der Waals surface area contributed by atoms with Gasteiger partial charge in [0.25, 0.3) is 5.91 Å². The monoisotopic (exact) mass is 510 g/mol. The summed E-state index contributed by atoms with van der Waals surface area (Å²) in [7, 11) is 2.11. The Labute approximate surface area is 215 Å². The van der Waals surface area contributed by atoms with Gasteiger partial charge in [-0.15, -0.1) is 0 Å². The molecule has 1 aliphatic rings. The number of carbonyl (C=O) groups is 1. The van der Waals surface area contributed by atoms with Crippen LogP contribution in [0.5, 0.6) is 0 Å². The first-order chi connectivity index (χ1) is 16.8. The minimum Gasteiger partial charge on any atom is -0.370 e. The predicted octanol–water partition coefficient (Wildman–Crippen LogP) is 6.82. The molecule has 0 saturated heterocycles. The molecule has 4 rings (SSSR count). The molecule has 1 saturated carbocycles. The predicted molar refractivity (Wildman–Crippen MR) is 147 cm³/mol. The van der Waals surface area contributed by atoms with Crippen molar-refractivity contribution in [3.8, 4) is 11.1 Å². The third-order valence-electron chi connectivity index (χ3n) is 6.43. The van der Waals surface area contributed by atoms with Gasteiger partial charge in [-0.25, -0.2) is 4.39 Å². The van der Waals surface area contributed by atoms with Crippen molar-refractivity contribution in [2.45, 2.75) is 38.1 Å². The Morgan fingerprint density at radius 3 is 2.34 bits per heavy atom. The van der Waals surface area contributed by atoms with E-state index in [-0.39, 0.29) is 5.56 Å². The molecule has 0 aromatic heterocycles. The molecule has 1 aliphatic carbocycles. The molecular weight excluding hydrogens is 483 g/mol. The summed E-state index contributed by atoms with van der Waals surface area (Å²) in [5, 5.41) is 7.36. The highest BCUT2D eigenvalue weighted by Crippen LogP contribution is 2.33. The lowest BCUT2D eigenvalue weighted by molar-refractivity contribution is 0.0996. The number of nitrogens with one attached hydrogen (secondary N) is 2. The Balaban J connectivity index is 1.39. The number of thiocarbonyl (C=S) groups is 1. The number of nitrogens with two attached hydrogens (primary N) is 1. The fourth-order valence-corrected chi connectivity index (χ4v) is 5.06. The number of anilines is 3. The summed E-state index contributed by atoms with van der Waals surface area (Å²) < 4.78 is 14.6. The van der Waals surface area contributed by atoms with Gasteiger partial charge in [-0.3, -0.25) is 4.79 Å². The minimum absolute atomic E-state index is 0.135. The van der Waals surface area contributed by atoms with Crippen LogP contribution in [0.2, 0.25) is 5.02 Å². The second kappa shape index (κ2) is 11.1. The lowest BCUT2D eigenvalue weighted by Crippen LogP contribution is -2.33. The number of nitrogens with zero attached hydrogens (tertiary/aromatic N) is 1. The van der Waals surface area contributed by atoms with Crippen LogP contribution < -0.4 is 21.3 Å². The van der Waals surface area contributed by atoms with Crippen LogP contribution in [-0.2, 0) is 0 Å². The van der Waals surface area contributed by atoms with Gasteiger partial charge in [-0.2, -0.15) is 0 Å². The number of benzene rings is 3. The Hall–Kier alpha value is -3.16. The van der Waals surface area contributed by atoms with Crippen molar-refractivity contribution in [3.05, 3.63) is 77.1 Å². The molecule has 4 N–H and O–H groups in total. The van der Waals surface area contributed by atoms with Gasteiger partial charge in [0.05, 0.1) is 16.3 Å². The number of hydrogen-bond acceptors (Lipinski definition) is 3. The molecular formula is C27H28ClFN4OS. The Morgan fingerprint density at radius 1 is 1.03 bits per heavy atom. The van der Waals surface area contributed by atoms with E-state index in [0.29, 0.717) is 27.3 Å². The molecule has 182 valence electrons. The third-order valence-corrected chi connectivity index (χ3v) is 6.93. The van der Waals surface area contributed by atoms with Crippen LogP contribution in [0.15, 0.2) is 60.7 Å². The van der Waals surface area contributed by atoms with Gasteiger partial charge in [0, 0.05) is 30.0 Å². The van der Waals surface area contributed by atoms with E-state index in [1.54, 1.807) is 36.4 Å². The average Bonchev–Trinajstić information content (AvgIpc) is 2.85. The molecule has 3 aromatic carbocycles. The number of primary amides is 1. The van der Waals surface area contributed by atoms with Crippen LogP contribution in [0.4, 0.5) is 21.5 Å². The molecule has 5 nitrogen and oxygen atoms in total. The van der Waals surface area contributed by atoms with Gasteiger partial charge in [-0.1, -0.05) is 55.1 Å². The molecule has 1 amide bonds. The van der Waals surface area contributed by atoms with E-state index >= 15 is 0 Å². The summed E-state index contributed by atoms with van der Waals surface area (Å²) in [6.07, 6.45) is 6.24. The van der Waals surface area contributed by atoms with E-state index in [9.17, 15) is 9.18 Å². The number of rotatable bonds is 6. The Bertz CT molecular complexity index is 1230. The van der Waals surface area contributed by atoms with Crippen LogP contribution in [0, 0.1) is 5.82 Å². The molecule has 8 heteroatoms. The van der Waals surface area contributed by atoms with E-state index in [1.165, 1.54) is 38.2 Å². The van der Waals surface area contributed by atoms with Crippen LogP contribution in [0.1, 0.15) is 42.5 Å². The fourth-order valence-electron chi connectivity index (χ4n) is 4.51. The van der Waals surface area contributed by atoms with Gasteiger partial charge in [0.15, 0.2) is 5.11 Å². The highest BCUT2D eigenvalue weighted by atomic mass is 35.5. The summed E-state index contributed by atoms with van der Waals surface area (Å²) in [5.41, 5.74) is 8.59. The molecule has 0 bridgehead atoms. The van der Waals surface area contributed by atoms with Crippen molar-refractivity contribution < 1.29 is 9.18 Å². The van der Waals surface area contributed by atoms with Crippen molar-refractivity contribution in [1.82, 2.24) is 0 Å². The maximum atomic E-state index is 14.6. The Morgan fingerprint density at radius 2 is 1.69 bits per heavy atom. The number of amides is 1. The number of halogens is 2. The first-order valence-electron chi connectivity index (χ1n) is 11.6. The molecule has 35 heavy (non-hydrogen) atoms. The lowest BCUT2D eigenvalue weighted by Gasteiger charge is -2.33. The molecule has 0 spiro atoms. The van der Waals surface area contributed by atoms with Crippen molar-refractivity contribution in [1.29, 1.82) is 0 Å². The van der Waals surface area contributed by atoms with Crippen molar-refractivity contribution in [3.63, 3.8) is 0 Å². The van der Waals surface area contributed by atoms with E-state index in [1.807, 2.05) is 18.2 Å². The average molecular weight is 511 g/mol. The summed E-state index contributed by atoms with van der Waals surface area (Å²) in [4.78, 5) is 13.7. The second-order valence-corrected chi connectivity index (χ2v) is 9.57. The van der Waals surface area contributed by atoms with Gasteiger partial charge < -0.3 is 21.3 Å². The smallest absolute Gasteiger partial charge is 0.251 e. The van der Waals surface area contributed by atoms with Crippen LogP contribution in [-0.4, -0.2) is 24.1 Å². The van der Waals surface area contributed by atoms with Gasteiger partial charge in [-0.05, 0) is 67.0 Å². The minimum atomic E-state index is -0.798. The first kappa shape index (κ1) is 24.9. The molecule has 0 unspecified atom stereocenters. The zero-order chi connectivity index (χ0) is 24.9. The maximum absolute atomic E-state index is 14.6. The quantitative estimate of drug-likeness (QED) is 0.317. The van der Waals surface area contributed by atoms with Crippen LogP contribution in [0.25, 0.3) is 11.1 Å². The topological polar surface area (TPSA) is 70.4 Å². The molecule has 0 aliphatic heterocycles. The molecule has 3 aromatic rings. The summed E-state index contributed by atoms with van der Waals surface area (Å²) in [6.45, 7) is 0. The van der Waals surface area contributed by atoms with Gasteiger partial charge in [0.2, 0.25) is 0 Å². The summed E-state index contributed by atoms with van der Waals surface area (Å²) >= 11 is 12.1. The van der Waals surface area contributed by atoms with Crippen molar-refractivity contribution in [2.75, 3.05) is 22.6 Å². The van der Waals surface area contributed by atoms with E-state index in [0.717, 1.165) is 17.1 Å². The summed E-state index contributed by atoms with van der Waals surface area (Å²) in [6, 6.07) is 18.0. The molecule has 0 heterocycles. The summed E-state index contributed by atoms with van der Waals surface area (Å²) in [5.74, 6) is -1.43. The van der Waals surface area contributed by atoms with Crippen molar-refractivity contribution >= 4 is 51.9 Å². The fraction of sp³-hybridized carbons (Fsp3) is 0.259. The van der Waals surface area contributed by atoms with Crippen molar-refractivity contribution in [2.24, 2.45) is 5.73 Å². The zero-order valence-electron chi connectivity index (χ0n) is 19.5.